The Hall–Kier alpha value is -3.43. The molecule has 0 bridgehead atoms. The molecule has 142 valence electrons. The van der Waals surface area contributed by atoms with Crippen molar-refractivity contribution in [2.45, 2.75) is 6.29 Å². The first-order valence-corrected chi connectivity index (χ1v) is 7.54. The Morgan fingerprint density at radius 1 is 1.04 bits per heavy atom. The van der Waals surface area contributed by atoms with Gasteiger partial charge in [-0.05, 0) is 24.3 Å². The Kier molecular flexibility index (Phi) is 5.06. The highest BCUT2D eigenvalue weighted by atomic mass is 19.3. The molecule has 0 saturated carbocycles. The fourth-order valence-electron chi connectivity index (χ4n) is 2.11. The highest BCUT2D eigenvalue weighted by Gasteiger charge is 2.43. The van der Waals surface area contributed by atoms with E-state index in [9.17, 15) is 22.8 Å². The Balaban J connectivity index is 1.44. The SMILES string of the molecule is O=C(COC(=O)COc1cccc(F)c1)Nc1ccc2c(c1)OC(F)(F)O2. The van der Waals surface area contributed by atoms with Crippen LogP contribution >= 0.6 is 0 Å². The predicted molar refractivity (Wildman–Crippen MR) is 84.1 cm³/mol. The summed E-state index contributed by atoms with van der Waals surface area (Å²) in [5.74, 6) is -2.35. The van der Waals surface area contributed by atoms with Gasteiger partial charge in [-0.1, -0.05) is 6.07 Å². The van der Waals surface area contributed by atoms with Gasteiger partial charge in [-0.25, -0.2) is 9.18 Å². The second-order valence-electron chi connectivity index (χ2n) is 5.28. The summed E-state index contributed by atoms with van der Waals surface area (Å²) >= 11 is 0. The maximum atomic E-state index is 13.0. The van der Waals surface area contributed by atoms with Crippen LogP contribution in [0.5, 0.6) is 17.2 Å². The van der Waals surface area contributed by atoms with Crippen molar-refractivity contribution in [2.75, 3.05) is 18.5 Å². The molecule has 2 aromatic carbocycles. The van der Waals surface area contributed by atoms with Crippen molar-refractivity contribution in [3.05, 3.63) is 48.3 Å². The quantitative estimate of drug-likeness (QED) is 0.773. The number of rotatable bonds is 6. The van der Waals surface area contributed by atoms with Crippen molar-refractivity contribution in [1.82, 2.24) is 0 Å². The molecule has 10 heteroatoms. The molecule has 0 saturated heterocycles. The number of amides is 1. The number of benzene rings is 2. The molecule has 1 aliphatic heterocycles. The lowest BCUT2D eigenvalue weighted by Crippen LogP contribution is -2.26. The number of hydrogen-bond acceptors (Lipinski definition) is 6. The van der Waals surface area contributed by atoms with E-state index in [-0.39, 0.29) is 22.9 Å². The van der Waals surface area contributed by atoms with Gasteiger partial charge in [0.15, 0.2) is 24.7 Å². The number of esters is 1. The molecule has 0 fully saturated rings. The highest BCUT2D eigenvalue weighted by Crippen LogP contribution is 2.42. The van der Waals surface area contributed by atoms with Crippen molar-refractivity contribution in [2.24, 2.45) is 0 Å². The van der Waals surface area contributed by atoms with Gasteiger partial charge < -0.3 is 24.3 Å². The lowest BCUT2D eigenvalue weighted by Gasteiger charge is -2.08. The zero-order valence-electron chi connectivity index (χ0n) is 13.5. The number of alkyl halides is 2. The summed E-state index contributed by atoms with van der Waals surface area (Å²) in [5.41, 5.74) is 0.145. The number of halogens is 3. The van der Waals surface area contributed by atoms with E-state index >= 15 is 0 Å². The molecule has 3 rings (SSSR count). The third-order valence-corrected chi connectivity index (χ3v) is 3.20. The smallest absolute Gasteiger partial charge is 0.482 e. The van der Waals surface area contributed by atoms with Gasteiger partial charge in [-0.2, -0.15) is 0 Å². The molecule has 0 spiro atoms. The standard InChI is InChI=1S/C17H12F3NO6/c18-10-2-1-3-12(6-10)24-9-16(23)25-8-15(22)21-11-4-5-13-14(7-11)27-17(19,20)26-13/h1-7H,8-9H2,(H,21,22). The fraction of sp³-hybridized carbons (Fsp3) is 0.176. The van der Waals surface area contributed by atoms with E-state index < -0.39 is 37.2 Å². The average Bonchev–Trinajstić information content (AvgIpc) is 2.91. The minimum Gasteiger partial charge on any atom is -0.482 e. The van der Waals surface area contributed by atoms with Crippen LogP contribution in [0.1, 0.15) is 0 Å². The predicted octanol–water partition coefficient (Wildman–Crippen LogP) is 2.71. The Bertz CT molecular complexity index is 873. The van der Waals surface area contributed by atoms with Crippen LogP contribution < -0.4 is 19.5 Å². The number of hydrogen-bond donors (Lipinski definition) is 1. The van der Waals surface area contributed by atoms with Crippen molar-refractivity contribution in [3.8, 4) is 17.2 Å². The van der Waals surface area contributed by atoms with Gasteiger partial charge in [0.05, 0.1) is 0 Å². The van der Waals surface area contributed by atoms with E-state index in [0.29, 0.717) is 0 Å². The first kappa shape index (κ1) is 18.4. The van der Waals surface area contributed by atoms with Gasteiger partial charge >= 0.3 is 12.3 Å². The van der Waals surface area contributed by atoms with Gasteiger partial charge in [0, 0.05) is 17.8 Å². The summed E-state index contributed by atoms with van der Waals surface area (Å²) in [7, 11) is 0. The minimum absolute atomic E-state index is 0.133. The third-order valence-electron chi connectivity index (χ3n) is 3.20. The molecule has 0 aliphatic carbocycles. The van der Waals surface area contributed by atoms with E-state index in [4.69, 9.17) is 9.47 Å². The summed E-state index contributed by atoms with van der Waals surface area (Å²) in [5, 5.41) is 2.35. The maximum Gasteiger partial charge on any atom is 0.586 e. The summed E-state index contributed by atoms with van der Waals surface area (Å²) in [4.78, 5) is 23.3. The number of anilines is 1. The van der Waals surface area contributed by atoms with Gasteiger partial charge in [0.25, 0.3) is 5.91 Å². The Morgan fingerprint density at radius 3 is 2.59 bits per heavy atom. The molecule has 0 unspecified atom stereocenters. The molecule has 1 amide bonds. The second kappa shape index (κ2) is 7.44. The van der Waals surface area contributed by atoms with Crippen LogP contribution in [0, 0.1) is 5.82 Å². The summed E-state index contributed by atoms with van der Waals surface area (Å²) in [6, 6.07) is 8.82. The van der Waals surface area contributed by atoms with E-state index in [0.717, 1.165) is 12.1 Å². The number of carbonyl (C=O) groups excluding carboxylic acids is 2. The molecule has 0 atom stereocenters. The van der Waals surface area contributed by atoms with Crippen LogP contribution in [-0.2, 0) is 14.3 Å². The molecule has 1 N–H and O–H groups in total. The molecular formula is C17H12F3NO6. The topological polar surface area (TPSA) is 83.1 Å². The van der Waals surface area contributed by atoms with E-state index in [1.54, 1.807) is 0 Å². The normalized spacial score (nSPS) is 13.7. The van der Waals surface area contributed by atoms with Crippen molar-refractivity contribution in [3.63, 3.8) is 0 Å². The van der Waals surface area contributed by atoms with Gasteiger partial charge in [0.2, 0.25) is 0 Å². The molecule has 2 aromatic rings. The van der Waals surface area contributed by atoms with Crippen LogP contribution in [0.4, 0.5) is 18.9 Å². The number of fused-ring (bicyclic) bond motifs is 1. The fourth-order valence-corrected chi connectivity index (χ4v) is 2.11. The largest absolute Gasteiger partial charge is 0.586 e. The van der Waals surface area contributed by atoms with E-state index in [2.05, 4.69) is 14.8 Å². The van der Waals surface area contributed by atoms with Crippen LogP contribution in [0.25, 0.3) is 0 Å². The second-order valence-corrected chi connectivity index (χ2v) is 5.28. The lowest BCUT2D eigenvalue weighted by atomic mass is 10.3. The molecule has 0 radical (unpaired) electrons. The third kappa shape index (κ3) is 5.03. The van der Waals surface area contributed by atoms with E-state index in [1.165, 1.54) is 30.3 Å². The van der Waals surface area contributed by atoms with Crippen LogP contribution in [0.15, 0.2) is 42.5 Å². The van der Waals surface area contributed by atoms with Crippen LogP contribution in [0.3, 0.4) is 0 Å². The van der Waals surface area contributed by atoms with Gasteiger partial charge in [-0.3, -0.25) is 4.79 Å². The molecule has 1 aliphatic rings. The number of ether oxygens (including phenoxy) is 4. The monoisotopic (exact) mass is 383 g/mol. The minimum atomic E-state index is -3.76. The first-order valence-electron chi connectivity index (χ1n) is 7.54. The summed E-state index contributed by atoms with van der Waals surface area (Å²) < 4.78 is 57.1. The lowest BCUT2D eigenvalue weighted by molar-refractivity contribution is -0.286. The van der Waals surface area contributed by atoms with Crippen LogP contribution in [-0.4, -0.2) is 31.4 Å². The molecule has 0 aromatic heterocycles. The maximum absolute atomic E-state index is 13.0. The van der Waals surface area contributed by atoms with Crippen LogP contribution in [0.2, 0.25) is 0 Å². The van der Waals surface area contributed by atoms with Crippen molar-refractivity contribution < 1.29 is 41.7 Å². The molecule has 7 nitrogen and oxygen atoms in total. The molecule has 1 heterocycles. The van der Waals surface area contributed by atoms with Gasteiger partial charge in [0.1, 0.15) is 11.6 Å². The van der Waals surface area contributed by atoms with Crippen molar-refractivity contribution in [1.29, 1.82) is 0 Å². The summed E-state index contributed by atoms with van der Waals surface area (Å²) in [6.45, 7) is -1.15. The average molecular weight is 383 g/mol. The first-order chi connectivity index (χ1) is 12.8. The number of carbonyl (C=O) groups is 2. The van der Waals surface area contributed by atoms with Crippen molar-refractivity contribution >= 4 is 17.6 Å². The zero-order chi connectivity index (χ0) is 19.4. The zero-order valence-corrected chi connectivity index (χ0v) is 13.5. The van der Waals surface area contributed by atoms with E-state index in [1.807, 2.05) is 0 Å². The summed E-state index contributed by atoms with van der Waals surface area (Å²) in [6.07, 6.45) is -3.76. The molecular weight excluding hydrogens is 371 g/mol. The Labute approximate surface area is 150 Å². The highest BCUT2D eigenvalue weighted by molar-refractivity contribution is 5.93. The Morgan fingerprint density at radius 2 is 1.81 bits per heavy atom. The number of nitrogens with one attached hydrogen (secondary N) is 1. The van der Waals surface area contributed by atoms with Gasteiger partial charge in [-0.15, -0.1) is 8.78 Å². The molecule has 27 heavy (non-hydrogen) atoms.